The van der Waals surface area contributed by atoms with E-state index in [2.05, 4.69) is 30.4 Å². The van der Waals surface area contributed by atoms with Crippen LogP contribution in [0, 0.1) is 0 Å². The average molecular weight is 298 g/mol. The Hall–Kier alpha value is -2.65. The standard InChI is InChI=1S/C11H12F2N6O2/c1-6(2)19-17-11(16-18-19)15-9(20)7-3-4-14-8(5-7)21-10(12)13/h3-6,10H,1-2H3,(H,15,17,20). The molecule has 0 saturated heterocycles. The number of tetrazole rings is 1. The fourth-order valence-corrected chi connectivity index (χ4v) is 1.37. The lowest BCUT2D eigenvalue weighted by atomic mass is 10.2. The van der Waals surface area contributed by atoms with Gasteiger partial charge in [0.2, 0.25) is 5.88 Å². The SMILES string of the molecule is CC(C)n1nnc(NC(=O)c2ccnc(OC(F)F)c2)n1. The van der Waals surface area contributed by atoms with E-state index in [0.717, 1.165) is 6.07 Å². The molecule has 0 fully saturated rings. The average Bonchev–Trinajstić information content (AvgIpc) is 2.87. The van der Waals surface area contributed by atoms with E-state index in [1.165, 1.54) is 17.1 Å². The molecule has 2 rings (SSSR count). The summed E-state index contributed by atoms with van der Waals surface area (Å²) in [5, 5.41) is 13.7. The van der Waals surface area contributed by atoms with Crippen molar-refractivity contribution in [2.24, 2.45) is 0 Å². The zero-order valence-corrected chi connectivity index (χ0v) is 11.2. The Morgan fingerprint density at radius 3 is 2.81 bits per heavy atom. The highest BCUT2D eigenvalue weighted by Gasteiger charge is 2.13. The molecule has 21 heavy (non-hydrogen) atoms. The van der Waals surface area contributed by atoms with Crippen LogP contribution in [0.15, 0.2) is 18.3 Å². The van der Waals surface area contributed by atoms with E-state index in [4.69, 9.17) is 0 Å². The first-order chi connectivity index (χ1) is 9.95. The van der Waals surface area contributed by atoms with Crippen LogP contribution in [0.3, 0.4) is 0 Å². The summed E-state index contributed by atoms with van der Waals surface area (Å²) in [5.74, 6) is -0.918. The van der Waals surface area contributed by atoms with Gasteiger partial charge in [-0.15, -0.1) is 5.10 Å². The number of nitrogens with one attached hydrogen (secondary N) is 1. The number of ether oxygens (including phenoxy) is 1. The van der Waals surface area contributed by atoms with Crippen LogP contribution >= 0.6 is 0 Å². The Morgan fingerprint density at radius 1 is 1.43 bits per heavy atom. The topological polar surface area (TPSA) is 94.8 Å². The molecule has 8 nitrogen and oxygen atoms in total. The van der Waals surface area contributed by atoms with Crippen molar-refractivity contribution in [3.63, 3.8) is 0 Å². The van der Waals surface area contributed by atoms with Crippen LogP contribution in [0.1, 0.15) is 30.2 Å². The zero-order chi connectivity index (χ0) is 15.4. The molecular formula is C11H12F2N6O2. The number of rotatable bonds is 5. The van der Waals surface area contributed by atoms with Crippen molar-refractivity contribution in [3.8, 4) is 5.88 Å². The van der Waals surface area contributed by atoms with Gasteiger partial charge < -0.3 is 4.74 Å². The van der Waals surface area contributed by atoms with Crippen molar-refractivity contribution >= 4 is 11.9 Å². The van der Waals surface area contributed by atoms with Gasteiger partial charge in [-0.05, 0) is 25.1 Å². The summed E-state index contributed by atoms with van der Waals surface area (Å²) in [6, 6.07) is 2.43. The Kier molecular flexibility index (Phi) is 4.36. The highest BCUT2D eigenvalue weighted by Crippen LogP contribution is 2.13. The van der Waals surface area contributed by atoms with Crippen molar-refractivity contribution < 1.29 is 18.3 Å². The van der Waals surface area contributed by atoms with Crippen molar-refractivity contribution in [3.05, 3.63) is 23.9 Å². The first-order valence-electron chi connectivity index (χ1n) is 5.97. The highest BCUT2D eigenvalue weighted by atomic mass is 19.3. The normalized spacial score (nSPS) is 11.0. The molecule has 0 aliphatic rings. The number of aromatic nitrogens is 5. The second-order valence-corrected chi connectivity index (χ2v) is 4.24. The quantitative estimate of drug-likeness (QED) is 0.899. The minimum atomic E-state index is -3.01. The predicted octanol–water partition coefficient (Wildman–Crippen LogP) is 1.50. The lowest BCUT2D eigenvalue weighted by molar-refractivity contribution is -0.0528. The van der Waals surface area contributed by atoms with Crippen LogP contribution < -0.4 is 10.1 Å². The monoisotopic (exact) mass is 298 g/mol. The number of hydrogen-bond acceptors (Lipinski definition) is 6. The van der Waals surface area contributed by atoms with Crippen molar-refractivity contribution in [1.82, 2.24) is 25.2 Å². The van der Waals surface area contributed by atoms with E-state index in [1.54, 1.807) is 0 Å². The molecule has 0 saturated carbocycles. The van der Waals surface area contributed by atoms with Crippen LogP contribution in [0.25, 0.3) is 0 Å². The molecule has 0 radical (unpaired) electrons. The summed E-state index contributed by atoms with van der Waals surface area (Å²) in [5.41, 5.74) is 0.0848. The number of carbonyl (C=O) groups is 1. The molecule has 1 N–H and O–H groups in total. The van der Waals surface area contributed by atoms with Gasteiger partial charge >= 0.3 is 6.61 Å². The summed E-state index contributed by atoms with van der Waals surface area (Å²) in [7, 11) is 0. The summed E-state index contributed by atoms with van der Waals surface area (Å²) >= 11 is 0. The van der Waals surface area contributed by atoms with Gasteiger partial charge in [-0.2, -0.15) is 13.6 Å². The van der Waals surface area contributed by atoms with Crippen LogP contribution in [0.2, 0.25) is 0 Å². The third-order valence-corrected chi connectivity index (χ3v) is 2.32. The molecule has 1 amide bonds. The number of nitrogens with zero attached hydrogens (tertiary/aromatic N) is 5. The molecule has 0 aliphatic heterocycles. The minimum Gasteiger partial charge on any atom is -0.417 e. The number of carbonyl (C=O) groups excluding carboxylic acids is 1. The fraction of sp³-hybridized carbons (Fsp3) is 0.364. The Balaban J connectivity index is 2.08. The second kappa shape index (κ2) is 6.20. The van der Waals surface area contributed by atoms with Gasteiger partial charge in [0.05, 0.1) is 6.04 Å². The predicted molar refractivity (Wildman–Crippen MR) is 67.0 cm³/mol. The molecule has 0 bridgehead atoms. The number of hydrogen-bond donors (Lipinski definition) is 1. The molecule has 0 spiro atoms. The van der Waals surface area contributed by atoms with E-state index < -0.39 is 12.5 Å². The number of pyridine rings is 1. The van der Waals surface area contributed by atoms with E-state index >= 15 is 0 Å². The largest absolute Gasteiger partial charge is 0.417 e. The summed E-state index contributed by atoms with van der Waals surface area (Å²) < 4.78 is 28.3. The van der Waals surface area contributed by atoms with E-state index in [9.17, 15) is 13.6 Å². The molecular weight excluding hydrogens is 286 g/mol. The van der Waals surface area contributed by atoms with E-state index in [1.807, 2.05) is 13.8 Å². The number of halogens is 2. The molecule has 0 atom stereocenters. The van der Waals surface area contributed by atoms with Gasteiger partial charge in [0, 0.05) is 17.8 Å². The molecule has 112 valence electrons. The minimum absolute atomic E-state index is 0.00452. The van der Waals surface area contributed by atoms with Crippen molar-refractivity contribution in [1.29, 1.82) is 0 Å². The smallest absolute Gasteiger partial charge is 0.388 e. The highest BCUT2D eigenvalue weighted by molar-refractivity contribution is 6.03. The maximum absolute atomic E-state index is 12.1. The van der Waals surface area contributed by atoms with Gasteiger partial charge in [-0.1, -0.05) is 5.10 Å². The number of anilines is 1. The third-order valence-electron chi connectivity index (χ3n) is 2.32. The Bertz CT molecular complexity index is 631. The van der Waals surface area contributed by atoms with Gasteiger partial charge in [0.15, 0.2) is 0 Å². The Labute approximate surface area is 118 Å². The molecule has 2 aromatic heterocycles. The summed E-state index contributed by atoms with van der Waals surface area (Å²) in [6.07, 6.45) is 1.19. The molecule has 2 aromatic rings. The van der Waals surface area contributed by atoms with E-state index in [-0.39, 0.29) is 23.4 Å². The molecule has 10 heteroatoms. The van der Waals surface area contributed by atoms with Gasteiger partial charge in [-0.3, -0.25) is 10.1 Å². The van der Waals surface area contributed by atoms with Crippen LogP contribution in [-0.4, -0.2) is 37.7 Å². The van der Waals surface area contributed by atoms with Crippen LogP contribution in [-0.2, 0) is 0 Å². The molecule has 0 aromatic carbocycles. The third kappa shape index (κ3) is 3.91. The first kappa shape index (κ1) is 14.8. The summed E-state index contributed by atoms with van der Waals surface area (Å²) in [4.78, 5) is 16.8. The zero-order valence-electron chi connectivity index (χ0n) is 11.2. The fourth-order valence-electron chi connectivity index (χ4n) is 1.37. The molecule has 2 heterocycles. The second-order valence-electron chi connectivity index (χ2n) is 4.24. The number of alkyl halides is 2. The lowest BCUT2D eigenvalue weighted by Gasteiger charge is -2.05. The van der Waals surface area contributed by atoms with Gasteiger partial charge in [0.1, 0.15) is 0 Å². The maximum atomic E-state index is 12.1. The van der Waals surface area contributed by atoms with E-state index in [0.29, 0.717) is 0 Å². The van der Waals surface area contributed by atoms with Gasteiger partial charge in [0.25, 0.3) is 11.9 Å². The number of amides is 1. The molecule has 0 aliphatic carbocycles. The lowest BCUT2D eigenvalue weighted by Crippen LogP contribution is -2.14. The van der Waals surface area contributed by atoms with Crippen molar-refractivity contribution in [2.75, 3.05) is 5.32 Å². The molecule has 0 unspecified atom stereocenters. The Morgan fingerprint density at radius 2 is 2.19 bits per heavy atom. The summed E-state index contributed by atoms with van der Waals surface area (Å²) in [6.45, 7) is 0.692. The van der Waals surface area contributed by atoms with Crippen molar-refractivity contribution in [2.45, 2.75) is 26.5 Å². The van der Waals surface area contributed by atoms with Crippen LogP contribution in [0.5, 0.6) is 5.88 Å². The van der Waals surface area contributed by atoms with Gasteiger partial charge in [-0.25, -0.2) is 4.98 Å². The maximum Gasteiger partial charge on any atom is 0.388 e. The van der Waals surface area contributed by atoms with Crippen LogP contribution in [0.4, 0.5) is 14.7 Å². The first-order valence-corrected chi connectivity index (χ1v) is 5.97.